The van der Waals surface area contributed by atoms with E-state index in [4.69, 9.17) is 4.74 Å². The molecule has 0 aliphatic carbocycles. The van der Waals surface area contributed by atoms with Crippen LogP contribution >= 0.6 is 0 Å². The van der Waals surface area contributed by atoms with E-state index in [1.54, 1.807) is 25.4 Å². The van der Waals surface area contributed by atoms with Crippen LogP contribution in [0, 0.1) is 5.82 Å². The topological polar surface area (TPSA) is 54.8 Å². The second kappa shape index (κ2) is 8.37. The van der Waals surface area contributed by atoms with Crippen molar-refractivity contribution in [2.24, 2.45) is 0 Å². The minimum absolute atomic E-state index is 0.0552. The summed E-state index contributed by atoms with van der Waals surface area (Å²) in [6, 6.07) is 10.3. The van der Waals surface area contributed by atoms with Crippen LogP contribution in [-0.2, 0) is 16.6 Å². The Hall–Kier alpha value is -2.42. The van der Waals surface area contributed by atoms with E-state index in [0.29, 0.717) is 17.8 Å². The maximum Gasteiger partial charge on any atom is 0.268 e. The van der Waals surface area contributed by atoms with Crippen molar-refractivity contribution in [2.75, 3.05) is 40.3 Å². The molecular weight excluding hydrogens is 405 g/mol. The fourth-order valence-corrected chi connectivity index (χ4v) is 5.31. The predicted octanol–water partition coefficient (Wildman–Crippen LogP) is 3.16. The number of halogens is 1. The molecule has 0 spiro atoms. The fraction of sp³-hybridized carbons (Fsp3) is 0.364. The lowest BCUT2D eigenvalue weighted by molar-refractivity contribution is 0.270. The van der Waals surface area contributed by atoms with E-state index >= 15 is 0 Å². The van der Waals surface area contributed by atoms with Gasteiger partial charge in [-0.1, -0.05) is 0 Å². The maximum absolute atomic E-state index is 13.3. The summed E-state index contributed by atoms with van der Waals surface area (Å²) in [5.74, 6) is 0.208. The molecule has 4 rings (SSSR count). The number of nitrogens with zero attached hydrogens (tertiary/aromatic N) is 3. The van der Waals surface area contributed by atoms with Crippen LogP contribution in [0.4, 0.5) is 4.39 Å². The highest BCUT2D eigenvalue weighted by Gasteiger charge is 2.23. The zero-order chi connectivity index (χ0) is 21.3. The van der Waals surface area contributed by atoms with Crippen molar-refractivity contribution in [1.29, 1.82) is 0 Å². The molecule has 1 saturated heterocycles. The first-order valence-electron chi connectivity index (χ1n) is 9.98. The Balaban J connectivity index is 1.78. The number of likely N-dealkylation sites (N-methyl/N-ethyl adjacent to an activating group) is 1. The molecule has 0 saturated carbocycles. The second-order valence-electron chi connectivity index (χ2n) is 7.73. The van der Waals surface area contributed by atoms with Crippen molar-refractivity contribution in [3.63, 3.8) is 0 Å². The summed E-state index contributed by atoms with van der Waals surface area (Å²) in [5.41, 5.74) is 1.52. The van der Waals surface area contributed by atoms with E-state index in [2.05, 4.69) is 16.8 Å². The lowest BCUT2D eigenvalue weighted by Gasteiger charge is -2.19. The Morgan fingerprint density at radius 3 is 2.53 bits per heavy atom. The largest absolute Gasteiger partial charge is 0.497 e. The Morgan fingerprint density at radius 1 is 1.03 bits per heavy atom. The summed E-state index contributed by atoms with van der Waals surface area (Å²) in [4.78, 5) is 4.72. The van der Waals surface area contributed by atoms with Gasteiger partial charge in [-0.15, -0.1) is 0 Å². The van der Waals surface area contributed by atoms with Gasteiger partial charge in [-0.25, -0.2) is 16.8 Å². The molecule has 2 heterocycles. The normalized spacial score (nSPS) is 16.6. The number of rotatable bonds is 5. The van der Waals surface area contributed by atoms with E-state index in [1.165, 1.54) is 16.1 Å². The van der Waals surface area contributed by atoms with Crippen molar-refractivity contribution in [2.45, 2.75) is 17.9 Å². The minimum Gasteiger partial charge on any atom is -0.497 e. The Labute approximate surface area is 176 Å². The van der Waals surface area contributed by atoms with E-state index in [0.717, 1.165) is 55.7 Å². The summed E-state index contributed by atoms with van der Waals surface area (Å²) >= 11 is 0. The van der Waals surface area contributed by atoms with Gasteiger partial charge in [0.25, 0.3) is 10.0 Å². The summed E-state index contributed by atoms with van der Waals surface area (Å²) in [5, 5.41) is 0.845. The highest BCUT2D eigenvalue weighted by atomic mass is 32.2. The number of aromatic nitrogens is 1. The van der Waals surface area contributed by atoms with Crippen molar-refractivity contribution in [3.8, 4) is 5.75 Å². The first kappa shape index (κ1) is 20.8. The molecule has 8 heteroatoms. The molecule has 6 nitrogen and oxygen atoms in total. The first-order chi connectivity index (χ1) is 14.4. The van der Waals surface area contributed by atoms with Gasteiger partial charge >= 0.3 is 0 Å². The first-order valence-corrected chi connectivity index (χ1v) is 11.4. The van der Waals surface area contributed by atoms with Gasteiger partial charge in [0.15, 0.2) is 0 Å². The molecular formula is C22H26FN3O3S. The third-order valence-corrected chi connectivity index (χ3v) is 7.32. The van der Waals surface area contributed by atoms with Crippen LogP contribution < -0.4 is 4.74 Å². The number of hydrogen-bond donors (Lipinski definition) is 0. The van der Waals surface area contributed by atoms with E-state index in [9.17, 15) is 12.8 Å². The van der Waals surface area contributed by atoms with Crippen LogP contribution in [0.3, 0.4) is 0 Å². The average Bonchev–Trinajstić information content (AvgIpc) is 2.97. The summed E-state index contributed by atoms with van der Waals surface area (Å²) < 4.78 is 46.6. The van der Waals surface area contributed by atoms with Gasteiger partial charge < -0.3 is 9.64 Å². The zero-order valence-corrected chi connectivity index (χ0v) is 18.0. The highest BCUT2D eigenvalue weighted by Crippen LogP contribution is 2.30. The fourth-order valence-electron chi connectivity index (χ4n) is 3.92. The molecule has 1 fully saturated rings. The highest BCUT2D eigenvalue weighted by molar-refractivity contribution is 7.90. The van der Waals surface area contributed by atoms with Crippen LogP contribution in [0.15, 0.2) is 53.6 Å². The summed E-state index contributed by atoms with van der Waals surface area (Å²) in [7, 11) is -0.140. The van der Waals surface area contributed by atoms with Gasteiger partial charge in [-0.2, -0.15) is 0 Å². The quantitative estimate of drug-likeness (QED) is 0.621. The predicted molar refractivity (Wildman–Crippen MR) is 115 cm³/mol. The van der Waals surface area contributed by atoms with Gasteiger partial charge in [0.05, 0.1) is 17.5 Å². The smallest absolute Gasteiger partial charge is 0.268 e. The second-order valence-corrected chi connectivity index (χ2v) is 9.54. The van der Waals surface area contributed by atoms with Gasteiger partial charge in [0.2, 0.25) is 0 Å². The lowest BCUT2D eigenvalue weighted by atomic mass is 10.1. The van der Waals surface area contributed by atoms with Crippen molar-refractivity contribution in [1.82, 2.24) is 13.8 Å². The maximum atomic E-state index is 13.3. The lowest BCUT2D eigenvalue weighted by Crippen LogP contribution is -2.28. The van der Waals surface area contributed by atoms with Crippen molar-refractivity contribution < 1.29 is 17.5 Å². The van der Waals surface area contributed by atoms with Crippen LogP contribution in [0.2, 0.25) is 0 Å². The van der Waals surface area contributed by atoms with Crippen LogP contribution in [0.1, 0.15) is 12.0 Å². The Morgan fingerprint density at radius 2 is 1.80 bits per heavy atom. The molecule has 3 aromatic rings. The summed E-state index contributed by atoms with van der Waals surface area (Å²) in [6.45, 7) is 4.59. The molecule has 0 N–H and O–H groups in total. The van der Waals surface area contributed by atoms with Gasteiger partial charge in [-0.3, -0.25) is 4.90 Å². The van der Waals surface area contributed by atoms with Crippen molar-refractivity contribution >= 4 is 20.9 Å². The molecule has 0 amide bonds. The molecule has 1 aliphatic heterocycles. The van der Waals surface area contributed by atoms with Crippen LogP contribution in [0.5, 0.6) is 5.75 Å². The third-order valence-electron chi connectivity index (χ3n) is 5.64. The Kier molecular flexibility index (Phi) is 5.81. The minimum atomic E-state index is -3.86. The molecule has 1 aromatic heterocycles. The van der Waals surface area contributed by atoms with Gasteiger partial charge in [-0.05, 0) is 74.6 Å². The summed E-state index contributed by atoms with van der Waals surface area (Å²) in [6.07, 6.45) is 2.77. The monoisotopic (exact) mass is 431 g/mol. The average molecular weight is 432 g/mol. The standard InChI is InChI=1S/C22H26FN3O3S/c1-24-10-3-11-25(13-12-24)15-17-16-26(22-9-6-19(29-2)14-21(17)22)30(27,28)20-7-4-18(23)5-8-20/h4-9,14,16H,3,10-13,15H2,1-2H3. The molecule has 30 heavy (non-hydrogen) atoms. The van der Waals surface area contributed by atoms with E-state index in [-0.39, 0.29) is 4.90 Å². The van der Waals surface area contributed by atoms with Crippen LogP contribution in [-0.4, -0.2) is 62.5 Å². The number of methoxy groups -OCH3 is 1. The molecule has 0 radical (unpaired) electrons. The third kappa shape index (κ3) is 4.08. The molecule has 1 aliphatic rings. The van der Waals surface area contributed by atoms with E-state index in [1.807, 2.05) is 6.07 Å². The van der Waals surface area contributed by atoms with Crippen molar-refractivity contribution in [3.05, 3.63) is 60.0 Å². The number of hydrogen-bond acceptors (Lipinski definition) is 5. The molecule has 0 unspecified atom stereocenters. The number of fused-ring (bicyclic) bond motifs is 1. The Bertz CT molecular complexity index is 1140. The molecule has 2 aromatic carbocycles. The van der Waals surface area contributed by atoms with Crippen LogP contribution in [0.25, 0.3) is 10.9 Å². The number of benzene rings is 2. The van der Waals surface area contributed by atoms with E-state index < -0.39 is 15.8 Å². The molecule has 160 valence electrons. The van der Waals surface area contributed by atoms with Gasteiger partial charge in [0, 0.05) is 31.2 Å². The molecule has 0 bridgehead atoms. The molecule has 0 atom stereocenters. The number of ether oxygens (including phenoxy) is 1. The zero-order valence-electron chi connectivity index (χ0n) is 17.2. The van der Waals surface area contributed by atoms with Gasteiger partial charge in [0.1, 0.15) is 11.6 Å². The SMILES string of the molecule is COc1ccc2c(c1)c(CN1CCCN(C)CC1)cn2S(=O)(=O)c1ccc(F)cc1.